The molecule has 0 unspecified atom stereocenters. The Morgan fingerprint density at radius 3 is 2.81 bits per heavy atom. The first-order valence-corrected chi connectivity index (χ1v) is 10.9. The maximum Gasteiger partial charge on any atom is 0.251 e. The van der Waals surface area contributed by atoms with Gasteiger partial charge in [-0.05, 0) is 36.8 Å². The van der Waals surface area contributed by atoms with Gasteiger partial charge in [-0.25, -0.2) is 0 Å². The maximum atomic E-state index is 12.8. The highest BCUT2D eigenvalue weighted by Crippen LogP contribution is 2.30. The van der Waals surface area contributed by atoms with Gasteiger partial charge in [0.25, 0.3) is 5.91 Å². The molecule has 1 aromatic heterocycles. The van der Waals surface area contributed by atoms with E-state index in [0.717, 1.165) is 17.6 Å². The highest BCUT2D eigenvalue weighted by Gasteiger charge is 2.31. The summed E-state index contributed by atoms with van der Waals surface area (Å²) in [6.07, 6.45) is 1.03. The van der Waals surface area contributed by atoms with Gasteiger partial charge >= 0.3 is 0 Å². The Bertz CT molecular complexity index is 1110. The van der Waals surface area contributed by atoms with Crippen LogP contribution in [0, 0.1) is 11.3 Å². The normalized spacial score (nSPS) is 18.3. The molecular weight excluding hydrogens is 402 g/mol. The van der Waals surface area contributed by atoms with E-state index < -0.39 is 6.10 Å². The third-order valence-corrected chi connectivity index (χ3v) is 5.53. The van der Waals surface area contributed by atoms with Crippen LogP contribution in [0.4, 0.5) is 5.69 Å². The van der Waals surface area contributed by atoms with E-state index in [4.69, 9.17) is 4.74 Å². The van der Waals surface area contributed by atoms with Crippen molar-refractivity contribution in [3.63, 3.8) is 0 Å². The Labute approximate surface area is 188 Å². The molecule has 1 amide bonds. The standard InChI is InChI=1S/C25H27N5O2/c1-18-16-30(22-10-9-20(14-26)24-21(22)8-5-11-28-24)17-23(32-18)25(31)29-13-12-27-15-19-6-3-2-4-7-19/h2-11,18,23,27H,12-13,15-17H2,1H3,(H,29,31)/t18-,23-/m1/s1. The molecule has 2 heterocycles. The second-order valence-corrected chi connectivity index (χ2v) is 7.94. The van der Waals surface area contributed by atoms with Crippen LogP contribution in [0.25, 0.3) is 10.9 Å². The first-order valence-electron chi connectivity index (χ1n) is 10.9. The summed E-state index contributed by atoms with van der Waals surface area (Å²) in [7, 11) is 0. The smallest absolute Gasteiger partial charge is 0.251 e. The van der Waals surface area contributed by atoms with E-state index >= 15 is 0 Å². The fraction of sp³-hybridized carbons (Fsp3) is 0.320. The number of fused-ring (bicyclic) bond motifs is 1. The van der Waals surface area contributed by atoms with Gasteiger partial charge in [0.15, 0.2) is 6.10 Å². The first kappa shape index (κ1) is 21.8. The van der Waals surface area contributed by atoms with Crippen LogP contribution in [0.5, 0.6) is 0 Å². The zero-order valence-electron chi connectivity index (χ0n) is 18.1. The molecule has 1 aliphatic rings. The molecule has 0 bridgehead atoms. The fourth-order valence-electron chi connectivity index (χ4n) is 4.03. The summed E-state index contributed by atoms with van der Waals surface area (Å²) in [5.74, 6) is -0.112. The van der Waals surface area contributed by atoms with Crippen LogP contribution in [0.3, 0.4) is 0 Å². The lowest BCUT2D eigenvalue weighted by atomic mass is 10.1. The number of nitrogens with one attached hydrogen (secondary N) is 2. The van der Waals surface area contributed by atoms with Gasteiger partial charge in [-0.15, -0.1) is 0 Å². The van der Waals surface area contributed by atoms with Crippen molar-refractivity contribution in [2.24, 2.45) is 0 Å². The van der Waals surface area contributed by atoms with Gasteiger partial charge in [-0.1, -0.05) is 30.3 Å². The summed E-state index contributed by atoms with van der Waals surface area (Å²) in [5.41, 5.74) is 3.40. The number of aromatic nitrogens is 1. The van der Waals surface area contributed by atoms with Crippen LogP contribution in [0.2, 0.25) is 0 Å². The number of pyridine rings is 1. The number of hydrogen-bond donors (Lipinski definition) is 2. The molecule has 0 saturated carbocycles. The number of nitriles is 1. The maximum absolute atomic E-state index is 12.8. The molecule has 4 rings (SSSR count). The number of nitrogens with zero attached hydrogens (tertiary/aromatic N) is 3. The predicted octanol–water partition coefficient (Wildman–Crippen LogP) is 2.61. The molecule has 0 radical (unpaired) electrons. The van der Waals surface area contributed by atoms with E-state index in [-0.39, 0.29) is 12.0 Å². The Balaban J connectivity index is 1.37. The van der Waals surface area contributed by atoms with Crippen molar-refractivity contribution in [3.8, 4) is 6.07 Å². The van der Waals surface area contributed by atoms with E-state index in [1.807, 2.05) is 43.3 Å². The molecule has 0 aliphatic carbocycles. The zero-order valence-corrected chi connectivity index (χ0v) is 18.1. The molecular formula is C25H27N5O2. The zero-order chi connectivity index (χ0) is 22.3. The van der Waals surface area contributed by atoms with Gasteiger partial charge in [-0.2, -0.15) is 5.26 Å². The number of carbonyl (C=O) groups is 1. The Kier molecular flexibility index (Phi) is 6.95. The van der Waals surface area contributed by atoms with Gasteiger partial charge in [-0.3, -0.25) is 9.78 Å². The van der Waals surface area contributed by atoms with Crippen LogP contribution in [0.15, 0.2) is 60.8 Å². The van der Waals surface area contributed by atoms with Crippen molar-refractivity contribution in [1.29, 1.82) is 5.26 Å². The molecule has 32 heavy (non-hydrogen) atoms. The summed E-state index contributed by atoms with van der Waals surface area (Å²) in [5, 5.41) is 16.6. The lowest BCUT2D eigenvalue weighted by molar-refractivity contribution is -0.137. The molecule has 1 aliphatic heterocycles. The number of morpholine rings is 1. The average molecular weight is 430 g/mol. The van der Waals surface area contributed by atoms with E-state index in [0.29, 0.717) is 37.3 Å². The van der Waals surface area contributed by atoms with E-state index in [9.17, 15) is 10.1 Å². The number of benzene rings is 2. The molecule has 2 aromatic carbocycles. The van der Waals surface area contributed by atoms with Crippen molar-refractivity contribution < 1.29 is 9.53 Å². The molecule has 2 atom stereocenters. The highest BCUT2D eigenvalue weighted by molar-refractivity contribution is 5.95. The van der Waals surface area contributed by atoms with Crippen molar-refractivity contribution in [2.75, 3.05) is 31.1 Å². The number of ether oxygens (including phenoxy) is 1. The number of carbonyl (C=O) groups excluding carboxylic acids is 1. The SMILES string of the molecule is C[C@@H]1CN(c2ccc(C#N)c3ncccc23)C[C@H](C(=O)NCCNCc2ccccc2)O1. The third kappa shape index (κ3) is 5.05. The Morgan fingerprint density at radius 1 is 1.16 bits per heavy atom. The second-order valence-electron chi connectivity index (χ2n) is 7.94. The Morgan fingerprint density at radius 2 is 2.00 bits per heavy atom. The molecule has 2 N–H and O–H groups in total. The molecule has 7 nitrogen and oxygen atoms in total. The van der Waals surface area contributed by atoms with Crippen LogP contribution >= 0.6 is 0 Å². The van der Waals surface area contributed by atoms with Crippen molar-refractivity contribution >= 4 is 22.5 Å². The van der Waals surface area contributed by atoms with Gasteiger partial charge in [0.05, 0.1) is 23.7 Å². The van der Waals surface area contributed by atoms with Crippen LogP contribution in [-0.4, -0.2) is 49.3 Å². The van der Waals surface area contributed by atoms with E-state index in [1.165, 1.54) is 5.56 Å². The number of hydrogen-bond acceptors (Lipinski definition) is 6. The summed E-state index contributed by atoms with van der Waals surface area (Å²) in [6.45, 7) is 5.06. The van der Waals surface area contributed by atoms with Crippen LogP contribution < -0.4 is 15.5 Å². The van der Waals surface area contributed by atoms with Crippen LogP contribution in [-0.2, 0) is 16.1 Å². The summed E-state index contributed by atoms with van der Waals surface area (Å²) >= 11 is 0. The lowest BCUT2D eigenvalue weighted by Gasteiger charge is -2.38. The Hall–Kier alpha value is -3.47. The van der Waals surface area contributed by atoms with E-state index in [2.05, 4.69) is 38.7 Å². The largest absolute Gasteiger partial charge is 0.365 e. The van der Waals surface area contributed by atoms with Gasteiger partial charge in [0.2, 0.25) is 0 Å². The predicted molar refractivity (Wildman–Crippen MR) is 124 cm³/mol. The molecule has 0 spiro atoms. The lowest BCUT2D eigenvalue weighted by Crippen LogP contribution is -2.53. The fourth-order valence-corrected chi connectivity index (χ4v) is 4.03. The second kappa shape index (κ2) is 10.2. The minimum absolute atomic E-state index is 0.0990. The molecule has 1 saturated heterocycles. The van der Waals surface area contributed by atoms with Crippen molar-refractivity contribution in [1.82, 2.24) is 15.6 Å². The van der Waals surface area contributed by atoms with E-state index in [1.54, 1.807) is 12.3 Å². The molecule has 164 valence electrons. The summed E-state index contributed by atoms with van der Waals surface area (Å²) in [6, 6.07) is 19.9. The van der Waals surface area contributed by atoms with Crippen molar-refractivity contribution in [2.45, 2.75) is 25.7 Å². The van der Waals surface area contributed by atoms with Gasteiger partial charge < -0.3 is 20.3 Å². The van der Waals surface area contributed by atoms with Crippen molar-refractivity contribution in [3.05, 3.63) is 71.9 Å². The average Bonchev–Trinajstić information content (AvgIpc) is 2.83. The highest BCUT2D eigenvalue weighted by atomic mass is 16.5. The molecule has 3 aromatic rings. The summed E-state index contributed by atoms with van der Waals surface area (Å²) in [4.78, 5) is 19.3. The van der Waals surface area contributed by atoms with Crippen LogP contribution in [0.1, 0.15) is 18.1 Å². The third-order valence-electron chi connectivity index (χ3n) is 5.53. The minimum Gasteiger partial charge on any atom is -0.365 e. The molecule has 7 heteroatoms. The minimum atomic E-state index is -0.560. The number of anilines is 1. The quantitative estimate of drug-likeness (QED) is 0.561. The topological polar surface area (TPSA) is 90.3 Å². The number of rotatable bonds is 7. The van der Waals surface area contributed by atoms with Gasteiger partial charge in [0.1, 0.15) is 6.07 Å². The first-order chi connectivity index (χ1) is 15.7. The van der Waals surface area contributed by atoms with Gasteiger partial charge in [0, 0.05) is 43.4 Å². The molecule has 1 fully saturated rings. The monoisotopic (exact) mass is 429 g/mol. The summed E-state index contributed by atoms with van der Waals surface area (Å²) < 4.78 is 5.94. The number of amides is 1.